The molecule has 0 spiro atoms. The largest absolute Gasteiger partial charge is 0.379 e. The van der Waals surface area contributed by atoms with Gasteiger partial charge in [-0.3, -0.25) is 19.4 Å². The summed E-state index contributed by atoms with van der Waals surface area (Å²) in [5.41, 5.74) is 2.88. The van der Waals surface area contributed by atoms with Crippen molar-refractivity contribution in [1.82, 2.24) is 14.7 Å². The Morgan fingerprint density at radius 2 is 1.58 bits per heavy atom. The lowest BCUT2D eigenvalue weighted by atomic mass is 10.1. The number of ether oxygens (including phenoxy) is 1. The molecule has 0 atom stereocenters. The highest BCUT2D eigenvalue weighted by Gasteiger charge is 2.23. The van der Waals surface area contributed by atoms with Crippen molar-refractivity contribution in [1.29, 1.82) is 0 Å². The highest BCUT2D eigenvalue weighted by atomic mass is 35.5. The molecule has 0 saturated carbocycles. The maximum absolute atomic E-state index is 12.6. The van der Waals surface area contributed by atoms with Gasteiger partial charge in [0.2, 0.25) is 11.8 Å². The van der Waals surface area contributed by atoms with Crippen LogP contribution in [-0.2, 0) is 27.3 Å². The van der Waals surface area contributed by atoms with Gasteiger partial charge in [-0.25, -0.2) is 0 Å². The molecule has 0 aromatic heterocycles. The second kappa shape index (κ2) is 11.6. The average Bonchev–Trinajstić information content (AvgIpc) is 2.83. The van der Waals surface area contributed by atoms with Gasteiger partial charge in [-0.2, -0.15) is 0 Å². The quantitative estimate of drug-likeness (QED) is 0.673. The van der Waals surface area contributed by atoms with E-state index in [0.29, 0.717) is 44.2 Å². The molecule has 2 amide bonds. The van der Waals surface area contributed by atoms with Gasteiger partial charge >= 0.3 is 0 Å². The lowest BCUT2D eigenvalue weighted by Crippen LogP contribution is -2.50. The van der Waals surface area contributed by atoms with Crippen molar-refractivity contribution in [3.63, 3.8) is 0 Å². The van der Waals surface area contributed by atoms with Crippen LogP contribution < -0.4 is 5.32 Å². The molecule has 2 aromatic carbocycles. The lowest BCUT2D eigenvalue weighted by Gasteiger charge is -2.34. The Bertz CT molecular complexity index is 939. The Labute approximate surface area is 200 Å². The molecule has 2 aliphatic rings. The fraction of sp³-hybridized carbons (Fsp3) is 0.440. The molecule has 4 rings (SSSR count). The molecule has 7 nitrogen and oxygen atoms in total. The van der Waals surface area contributed by atoms with Crippen LogP contribution in [0.1, 0.15) is 11.1 Å². The first kappa shape index (κ1) is 23.7. The van der Waals surface area contributed by atoms with Crippen molar-refractivity contribution >= 4 is 29.1 Å². The van der Waals surface area contributed by atoms with Crippen LogP contribution in [0.4, 0.5) is 5.69 Å². The van der Waals surface area contributed by atoms with Crippen molar-refractivity contribution in [2.75, 3.05) is 64.3 Å². The summed E-state index contributed by atoms with van der Waals surface area (Å²) in [4.78, 5) is 31.4. The zero-order valence-corrected chi connectivity index (χ0v) is 19.6. The molecule has 0 bridgehead atoms. The predicted octanol–water partition coefficient (Wildman–Crippen LogP) is 2.50. The zero-order valence-electron chi connectivity index (χ0n) is 18.8. The van der Waals surface area contributed by atoms with Gasteiger partial charge in [-0.05, 0) is 29.3 Å². The molecule has 176 valence electrons. The van der Waals surface area contributed by atoms with Crippen molar-refractivity contribution in [3.8, 4) is 0 Å². The van der Waals surface area contributed by atoms with Crippen LogP contribution in [-0.4, -0.2) is 85.5 Å². The minimum atomic E-state index is -0.0354. The first-order valence-corrected chi connectivity index (χ1v) is 11.9. The Morgan fingerprint density at radius 3 is 2.27 bits per heavy atom. The Hall–Kier alpha value is -2.45. The van der Waals surface area contributed by atoms with Crippen LogP contribution >= 0.6 is 11.6 Å². The molecule has 2 heterocycles. The first-order chi connectivity index (χ1) is 16.1. The van der Waals surface area contributed by atoms with Crippen LogP contribution in [0.15, 0.2) is 48.5 Å². The van der Waals surface area contributed by atoms with E-state index in [9.17, 15) is 9.59 Å². The number of carbonyl (C=O) groups is 2. The molecule has 0 unspecified atom stereocenters. The molecule has 8 heteroatoms. The first-order valence-electron chi connectivity index (χ1n) is 11.5. The third-order valence-electron chi connectivity index (χ3n) is 6.14. The minimum absolute atomic E-state index is 0.0354. The monoisotopic (exact) mass is 470 g/mol. The van der Waals surface area contributed by atoms with Gasteiger partial charge in [0, 0.05) is 56.5 Å². The summed E-state index contributed by atoms with van der Waals surface area (Å²) in [6.45, 7) is 7.31. The number of hydrogen-bond acceptors (Lipinski definition) is 5. The molecule has 2 aromatic rings. The second-order valence-electron chi connectivity index (χ2n) is 8.56. The summed E-state index contributed by atoms with van der Waals surface area (Å²) in [5, 5.41) is 3.60. The van der Waals surface area contributed by atoms with Gasteiger partial charge in [0.15, 0.2) is 0 Å². The number of halogens is 1. The van der Waals surface area contributed by atoms with Crippen LogP contribution in [0.2, 0.25) is 5.02 Å². The maximum atomic E-state index is 12.6. The molecule has 2 fully saturated rings. The Balaban J connectivity index is 1.18. The summed E-state index contributed by atoms with van der Waals surface area (Å²) in [5.74, 6) is 0.0381. The van der Waals surface area contributed by atoms with Crippen LogP contribution in [0.5, 0.6) is 0 Å². The molecule has 0 radical (unpaired) electrons. The molecule has 2 aliphatic heterocycles. The molecule has 2 saturated heterocycles. The SMILES string of the molecule is O=C(CN1CCN(C(=O)Cc2ccccc2Cl)CC1)Nc1ccc(CN2CCOCC2)cc1. The molecule has 33 heavy (non-hydrogen) atoms. The van der Waals surface area contributed by atoms with E-state index in [1.807, 2.05) is 35.2 Å². The number of nitrogens with zero attached hydrogens (tertiary/aromatic N) is 3. The zero-order chi connectivity index (χ0) is 23.0. The van der Waals surface area contributed by atoms with Gasteiger partial charge in [0.05, 0.1) is 26.2 Å². The van der Waals surface area contributed by atoms with E-state index >= 15 is 0 Å². The van der Waals surface area contributed by atoms with Gasteiger partial charge in [0.25, 0.3) is 0 Å². The van der Waals surface area contributed by atoms with Gasteiger partial charge < -0.3 is 15.0 Å². The predicted molar refractivity (Wildman–Crippen MR) is 129 cm³/mol. The summed E-state index contributed by atoms with van der Waals surface area (Å²) in [6.07, 6.45) is 0.307. The summed E-state index contributed by atoms with van der Waals surface area (Å²) in [6, 6.07) is 15.5. The van der Waals surface area contributed by atoms with Crippen LogP contribution in [0.3, 0.4) is 0 Å². The van der Waals surface area contributed by atoms with Crippen molar-refractivity contribution in [2.24, 2.45) is 0 Å². The Kier molecular flexibility index (Phi) is 8.34. The number of amides is 2. The van der Waals surface area contributed by atoms with Gasteiger partial charge in [-0.1, -0.05) is 41.9 Å². The van der Waals surface area contributed by atoms with E-state index < -0.39 is 0 Å². The second-order valence-corrected chi connectivity index (χ2v) is 8.97. The molecular formula is C25H31ClN4O3. The lowest BCUT2D eigenvalue weighted by molar-refractivity contribution is -0.132. The van der Waals surface area contributed by atoms with E-state index in [2.05, 4.69) is 27.2 Å². The Morgan fingerprint density at radius 1 is 0.879 bits per heavy atom. The molecular weight excluding hydrogens is 440 g/mol. The number of anilines is 1. The number of carbonyl (C=O) groups excluding carboxylic acids is 2. The number of hydrogen-bond donors (Lipinski definition) is 1. The van der Waals surface area contributed by atoms with Crippen molar-refractivity contribution in [2.45, 2.75) is 13.0 Å². The van der Waals surface area contributed by atoms with E-state index in [4.69, 9.17) is 16.3 Å². The van der Waals surface area contributed by atoms with Crippen molar-refractivity contribution in [3.05, 3.63) is 64.7 Å². The smallest absolute Gasteiger partial charge is 0.238 e. The maximum Gasteiger partial charge on any atom is 0.238 e. The number of piperazine rings is 1. The standard InChI is InChI=1S/C25H31ClN4O3/c26-23-4-2-1-3-21(23)17-25(32)30-11-9-28(10-12-30)19-24(31)27-22-7-5-20(6-8-22)18-29-13-15-33-16-14-29/h1-8H,9-19H2,(H,27,31). The van der Waals surface area contributed by atoms with Crippen LogP contribution in [0, 0.1) is 0 Å². The van der Waals surface area contributed by atoms with E-state index in [1.54, 1.807) is 6.07 Å². The van der Waals surface area contributed by atoms with E-state index in [-0.39, 0.29) is 11.8 Å². The minimum Gasteiger partial charge on any atom is -0.379 e. The van der Waals surface area contributed by atoms with E-state index in [0.717, 1.165) is 44.1 Å². The normalized spacial score (nSPS) is 17.7. The third-order valence-corrected chi connectivity index (χ3v) is 6.51. The number of rotatable bonds is 7. The fourth-order valence-electron chi connectivity index (χ4n) is 4.19. The van der Waals surface area contributed by atoms with E-state index in [1.165, 1.54) is 5.56 Å². The average molecular weight is 471 g/mol. The topological polar surface area (TPSA) is 65.1 Å². The number of morpholine rings is 1. The number of benzene rings is 2. The highest BCUT2D eigenvalue weighted by molar-refractivity contribution is 6.31. The summed E-state index contributed by atoms with van der Waals surface area (Å²) >= 11 is 6.18. The van der Waals surface area contributed by atoms with Crippen molar-refractivity contribution < 1.29 is 14.3 Å². The number of nitrogens with one attached hydrogen (secondary N) is 1. The van der Waals surface area contributed by atoms with Crippen LogP contribution in [0.25, 0.3) is 0 Å². The highest BCUT2D eigenvalue weighted by Crippen LogP contribution is 2.17. The fourth-order valence-corrected chi connectivity index (χ4v) is 4.39. The molecule has 0 aliphatic carbocycles. The molecule has 1 N–H and O–H groups in total. The summed E-state index contributed by atoms with van der Waals surface area (Å²) < 4.78 is 5.39. The third kappa shape index (κ3) is 7.01. The van der Waals surface area contributed by atoms with Gasteiger partial charge in [-0.15, -0.1) is 0 Å². The van der Waals surface area contributed by atoms with Gasteiger partial charge in [0.1, 0.15) is 0 Å². The summed E-state index contributed by atoms with van der Waals surface area (Å²) in [7, 11) is 0.